The van der Waals surface area contributed by atoms with Crippen LogP contribution in [-0.2, 0) is 11.3 Å². The van der Waals surface area contributed by atoms with Crippen LogP contribution in [0.25, 0.3) is 0 Å². The zero-order chi connectivity index (χ0) is 22.1. The summed E-state index contributed by atoms with van der Waals surface area (Å²) in [6.07, 6.45) is 1.01. The van der Waals surface area contributed by atoms with Gasteiger partial charge < -0.3 is 20.9 Å². The summed E-state index contributed by atoms with van der Waals surface area (Å²) in [7, 11) is 0. The largest absolute Gasteiger partial charge is 0.365 e. The van der Waals surface area contributed by atoms with Gasteiger partial charge in [0.1, 0.15) is 17.3 Å². The predicted octanol–water partition coefficient (Wildman–Crippen LogP) is 3.42. The van der Waals surface area contributed by atoms with Crippen molar-refractivity contribution >= 4 is 41.5 Å². The van der Waals surface area contributed by atoms with E-state index in [0.29, 0.717) is 38.7 Å². The number of nitrogens with one attached hydrogen (secondary N) is 3. The highest BCUT2D eigenvalue weighted by Gasteiger charge is 2.27. The van der Waals surface area contributed by atoms with E-state index in [9.17, 15) is 13.6 Å². The molecule has 1 atom stereocenters. The lowest BCUT2D eigenvalue weighted by Gasteiger charge is -2.21. The molecule has 3 rings (SSSR count). The van der Waals surface area contributed by atoms with E-state index in [1.807, 2.05) is 37.3 Å². The van der Waals surface area contributed by atoms with Crippen molar-refractivity contribution in [2.75, 3.05) is 31.1 Å². The highest BCUT2D eigenvalue weighted by atomic mass is 127. The van der Waals surface area contributed by atoms with Gasteiger partial charge in [0.25, 0.3) is 0 Å². The molecule has 1 aliphatic heterocycles. The number of benzene rings is 2. The van der Waals surface area contributed by atoms with Crippen LogP contribution < -0.4 is 20.9 Å². The van der Waals surface area contributed by atoms with Gasteiger partial charge in [-0.2, -0.15) is 0 Å². The van der Waals surface area contributed by atoms with E-state index in [0.717, 1.165) is 12.0 Å². The number of rotatable bonds is 8. The SMILES string of the molecule is CCNC(=NCCC(=O)NCc1ccccc1)NC1CCN(c2c(F)cccc2F)C1.I. The van der Waals surface area contributed by atoms with Crippen molar-refractivity contribution < 1.29 is 13.6 Å². The van der Waals surface area contributed by atoms with Gasteiger partial charge in [-0.05, 0) is 31.0 Å². The molecule has 1 fully saturated rings. The molecule has 1 saturated heterocycles. The minimum atomic E-state index is -0.553. The van der Waals surface area contributed by atoms with Crippen LogP contribution in [0.15, 0.2) is 53.5 Å². The van der Waals surface area contributed by atoms with E-state index >= 15 is 0 Å². The van der Waals surface area contributed by atoms with E-state index < -0.39 is 11.6 Å². The minimum absolute atomic E-state index is 0. The number of aliphatic imine (C=N–C) groups is 1. The summed E-state index contributed by atoms with van der Waals surface area (Å²) in [5.41, 5.74) is 1.07. The molecule has 2 aromatic rings. The van der Waals surface area contributed by atoms with Crippen molar-refractivity contribution in [3.8, 4) is 0 Å². The van der Waals surface area contributed by atoms with Crippen molar-refractivity contribution in [1.29, 1.82) is 0 Å². The molecule has 0 aliphatic carbocycles. The molecule has 32 heavy (non-hydrogen) atoms. The molecule has 6 nitrogen and oxygen atoms in total. The summed E-state index contributed by atoms with van der Waals surface area (Å²) in [6.45, 7) is 4.49. The topological polar surface area (TPSA) is 68.8 Å². The van der Waals surface area contributed by atoms with Crippen molar-refractivity contribution in [3.05, 3.63) is 65.7 Å². The molecule has 0 aromatic heterocycles. The first-order valence-electron chi connectivity index (χ1n) is 10.6. The Bertz CT molecular complexity index is 877. The van der Waals surface area contributed by atoms with Crippen LogP contribution in [0.2, 0.25) is 0 Å². The highest BCUT2D eigenvalue weighted by Crippen LogP contribution is 2.26. The second-order valence-corrected chi connectivity index (χ2v) is 7.42. The number of nitrogens with zero attached hydrogens (tertiary/aromatic N) is 2. The molecule has 3 N–H and O–H groups in total. The average Bonchev–Trinajstić information content (AvgIpc) is 3.21. The number of carbonyl (C=O) groups is 1. The second-order valence-electron chi connectivity index (χ2n) is 7.42. The molecule has 0 saturated carbocycles. The molecule has 9 heteroatoms. The molecular weight excluding hydrogens is 527 g/mol. The van der Waals surface area contributed by atoms with Crippen LogP contribution in [-0.4, -0.2) is 44.1 Å². The van der Waals surface area contributed by atoms with Gasteiger partial charge in [-0.25, -0.2) is 8.78 Å². The smallest absolute Gasteiger partial charge is 0.222 e. The van der Waals surface area contributed by atoms with Gasteiger partial charge in [-0.15, -0.1) is 24.0 Å². The third kappa shape index (κ3) is 7.61. The molecule has 0 spiro atoms. The highest BCUT2D eigenvalue weighted by molar-refractivity contribution is 14.0. The summed E-state index contributed by atoms with van der Waals surface area (Å²) < 4.78 is 28.1. The standard InChI is InChI=1S/C23H29F2N5O.HI/c1-2-26-23(27-13-11-21(31)28-15-17-7-4-3-5-8-17)29-18-12-14-30(16-18)22-19(24)9-6-10-20(22)25;/h3-10,18H,2,11-16H2,1H3,(H,28,31)(H2,26,27,29);1H. The van der Waals surface area contributed by atoms with E-state index in [-0.39, 0.29) is 48.0 Å². The quantitative estimate of drug-likeness (QED) is 0.265. The normalized spacial score (nSPS) is 15.8. The summed E-state index contributed by atoms with van der Waals surface area (Å²) in [5.74, 6) is -0.574. The molecule has 174 valence electrons. The Balaban J connectivity index is 0.00000363. The van der Waals surface area contributed by atoms with Gasteiger partial charge in [0.2, 0.25) is 5.91 Å². The third-order valence-corrected chi connectivity index (χ3v) is 5.07. The van der Waals surface area contributed by atoms with Gasteiger partial charge in [-0.1, -0.05) is 36.4 Å². The monoisotopic (exact) mass is 557 g/mol. The minimum Gasteiger partial charge on any atom is -0.365 e. The number of guanidine groups is 1. The lowest BCUT2D eigenvalue weighted by Crippen LogP contribution is -2.44. The number of carbonyl (C=O) groups excluding carboxylic acids is 1. The van der Waals surface area contributed by atoms with Gasteiger partial charge >= 0.3 is 0 Å². The Kier molecular flexibility index (Phi) is 10.6. The second kappa shape index (κ2) is 13.2. The molecule has 0 bridgehead atoms. The first-order valence-corrected chi connectivity index (χ1v) is 10.6. The summed E-state index contributed by atoms with van der Waals surface area (Å²) in [5, 5.41) is 9.35. The van der Waals surface area contributed by atoms with Crippen molar-refractivity contribution in [3.63, 3.8) is 0 Å². The summed E-state index contributed by atoms with van der Waals surface area (Å²) in [6, 6.07) is 13.6. The molecule has 1 aliphatic rings. The van der Waals surface area contributed by atoms with E-state index in [4.69, 9.17) is 0 Å². The van der Waals surface area contributed by atoms with E-state index in [2.05, 4.69) is 20.9 Å². The van der Waals surface area contributed by atoms with E-state index in [1.54, 1.807) is 4.90 Å². The first-order chi connectivity index (χ1) is 15.1. The van der Waals surface area contributed by atoms with Gasteiger partial charge in [0, 0.05) is 38.6 Å². The fourth-order valence-corrected chi connectivity index (χ4v) is 3.54. The zero-order valence-corrected chi connectivity index (χ0v) is 20.4. The maximum atomic E-state index is 14.1. The molecule has 1 amide bonds. The van der Waals surface area contributed by atoms with Crippen LogP contribution in [0, 0.1) is 11.6 Å². The van der Waals surface area contributed by atoms with E-state index in [1.165, 1.54) is 18.2 Å². The molecular formula is C23H30F2IN5O. The number of para-hydroxylation sites is 1. The maximum absolute atomic E-state index is 14.1. The Morgan fingerprint density at radius 3 is 2.50 bits per heavy atom. The van der Waals surface area contributed by atoms with Gasteiger partial charge in [0.05, 0.1) is 6.54 Å². The third-order valence-electron chi connectivity index (χ3n) is 5.07. The van der Waals surface area contributed by atoms with Crippen LogP contribution in [0.5, 0.6) is 0 Å². The lowest BCUT2D eigenvalue weighted by molar-refractivity contribution is -0.121. The Hall–Kier alpha value is -2.43. The maximum Gasteiger partial charge on any atom is 0.222 e. The lowest BCUT2D eigenvalue weighted by atomic mass is 10.2. The fourth-order valence-electron chi connectivity index (χ4n) is 3.54. The summed E-state index contributed by atoms with van der Waals surface area (Å²) >= 11 is 0. The van der Waals surface area contributed by atoms with Crippen LogP contribution in [0.4, 0.5) is 14.5 Å². The number of halogens is 3. The number of hydrogen-bond donors (Lipinski definition) is 3. The van der Waals surface area contributed by atoms with Gasteiger partial charge in [-0.3, -0.25) is 9.79 Å². The van der Waals surface area contributed by atoms with Crippen LogP contribution in [0.1, 0.15) is 25.3 Å². The molecule has 0 radical (unpaired) electrons. The first kappa shape index (κ1) is 25.8. The molecule has 1 heterocycles. The number of anilines is 1. The Morgan fingerprint density at radius 1 is 1.09 bits per heavy atom. The summed E-state index contributed by atoms with van der Waals surface area (Å²) in [4.78, 5) is 18.2. The van der Waals surface area contributed by atoms with Crippen LogP contribution in [0.3, 0.4) is 0 Å². The predicted molar refractivity (Wildman–Crippen MR) is 134 cm³/mol. The zero-order valence-electron chi connectivity index (χ0n) is 18.1. The van der Waals surface area contributed by atoms with Crippen molar-refractivity contribution in [1.82, 2.24) is 16.0 Å². The van der Waals surface area contributed by atoms with Crippen LogP contribution >= 0.6 is 24.0 Å². The molecule has 2 aromatic carbocycles. The Labute approximate surface area is 204 Å². The van der Waals surface area contributed by atoms with Crippen molar-refractivity contribution in [2.45, 2.75) is 32.4 Å². The fraction of sp³-hybridized carbons (Fsp3) is 0.391. The van der Waals surface area contributed by atoms with Crippen molar-refractivity contribution in [2.24, 2.45) is 4.99 Å². The average molecular weight is 557 g/mol. The molecule has 1 unspecified atom stereocenters. The number of hydrogen-bond acceptors (Lipinski definition) is 3. The van der Waals surface area contributed by atoms with Gasteiger partial charge in [0.15, 0.2) is 5.96 Å². The number of amides is 1. The Morgan fingerprint density at radius 2 is 1.81 bits per heavy atom.